The van der Waals surface area contributed by atoms with E-state index in [1.807, 2.05) is 0 Å². The van der Waals surface area contributed by atoms with Gasteiger partial charge in [0.05, 0.1) is 5.69 Å². The number of nitrogens with zero attached hydrogens (tertiary/aromatic N) is 2. The summed E-state index contributed by atoms with van der Waals surface area (Å²) in [4.78, 5) is 11.6. The zero-order valence-corrected chi connectivity index (χ0v) is 11.2. The topological polar surface area (TPSA) is 25.8 Å². The number of hydrogen-bond donors (Lipinski definition) is 0. The number of fused-ring (bicyclic) bond motifs is 1. The molecule has 15 heavy (non-hydrogen) atoms. The number of hydrogen-bond acceptors (Lipinski definition) is 3. The monoisotopic (exact) mass is 284 g/mol. The first-order chi connectivity index (χ1) is 7.20. The molecule has 4 heteroatoms. The van der Waals surface area contributed by atoms with Gasteiger partial charge in [0, 0.05) is 21.5 Å². The van der Waals surface area contributed by atoms with Crippen LogP contribution < -0.4 is 0 Å². The van der Waals surface area contributed by atoms with Crippen molar-refractivity contribution in [1.29, 1.82) is 0 Å². The molecule has 0 bridgehead atoms. The second-order valence-corrected chi connectivity index (χ2v) is 6.27. The Morgan fingerprint density at radius 1 is 1.47 bits per heavy atom. The summed E-state index contributed by atoms with van der Waals surface area (Å²) in [6.45, 7) is 4.31. The van der Waals surface area contributed by atoms with Crippen molar-refractivity contribution in [2.24, 2.45) is 0 Å². The van der Waals surface area contributed by atoms with E-state index in [-0.39, 0.29) is 0 Å². The fourth-order valence-electron chi connectivity index (χ4n) is 1.56. The van der Waals surface area contributed by atoms with Crippen LogP contribution in [0.2, 0.25) is 0 Å². The number of rotatable bonds is 3. The summed E-state index contributed by atoms with van der Waals surface area (Å²) < 4.78 is 0. The molecular weight excluding hydrogens is 272 g/mol. The lowest BCUT2D eigenvalue weighted by Gasteiger charge is -2.02. The van der Waals surface area contributed by atoms with E-state index >= 15 is 0 Å². The molecule has 0 radical (unpaired) electrons. The van der Waals surface area contributed by atoms with Crippen molar-refractivity contribution in [3.8, 4) is 0 Å². The van der Waals surface area contributed by atoms with E-state index in [0.29, 0.717) is 4.83 Å². The van der Waals surface area contributed by atoms with Crippen molar-refractivity contribution >= 4 is 37.5 Å². The van der Waals surface area contributed by atoms with Gasteiger partial charge in [0.1, 0.15) is 11.2 Å². The Kier molecular flexibility index (Phi) is 3.36. The molecule has 0 aliphatic carbocycles. The fourth-order valence-corrected chi connectivity index (χ4v) is 2.82. The Morgan fingerprint density at radius 3 is 2.93 bits per heavy atom. The minimum absolute atomic E-state index is 0.459. The van der Waals surface area contributed by atoms with Crippen molar-refractivity contribution in [2.75, 3.05) is 0 Å². The maximum Gasteiger partial charge on any atom is 0.127 e. The summed E-state index contributed by atoms with van der Waals surface area (Å²) in [6, 6.07) is 2.23. The van der Waals surface area contributed by atoms with Crippen LogP contribution in [0.15, 0.2) is 12.4 Å². The molecule has 0 saturated heterocycles. The van der Waals surface area contributed by atoms with Crippen molar-refractivity contribution in [3.63, 3.8) is 0 Å². The maximum absolute atomic E-state index is 4.36. The van der Waals surface area contributed by atoms with Gasteiger partial charge in [0.15, 0.2) is 0 Å². The van der Waals surface area contributed by atoms with Gasteiger partial charge in [-0.3, -0.25) is 0 Å². The second-order valence-electron chi connectivity index (χ2n) is 3.59. The molecule has 2 rings (SSSR count). The van der Waals surface area contributed by atoms with Crippen molar-refractivity contribution in [3.05, 3.63) is 23.0 Å². The Bertz CT molecular complexity index is 465. The Morgan fingerprint density at radius 2 is 2.27 bits per heavy atom. The SMILES string of the molecule is CCc1cc2c(CC(C)Br)ncnc2s1. The molecule has 0 aliphatic heterocycles. The van der Waals surface area contributed by atoms with Gasteiger partial charge in [-0.05, 0) is 12.5 Å². The highest BCUT2D eigenvalue weighted by Crippen LogP contribution is 2.26. The van der Waals surface area contributed by atoms with Crippen LogP contribution in [-0.2, 0) is 12.8 Å². The van der Waals surface area contributed by atoms with Crippen LogP contribution in [0.5, 0.6) is 0 Å². The average Bonchev–Trinajstić information content (AvgIpc) is 2.61. The van der Waals surface area contributed by atoms with E-state index < -0.39 is 0 Å². The zero-order valence-electron chi connectivity index (χ0n) is 8.83. The number of aryl methyl sites for hydroxylation is 1. The maximum atomic E-state index is 4.36. The molecule has 0 aliphatic rings. The minimum Gasteiger partial charge on any atom is -0.241 e. The molecule has 0 amide bonds. The molecule has 80 valence electrons. The van der Waals surface area contributed by atoms with Gasteiger partial charge in [-0.25, -0.2) is 9.97 Å². The summed E-state index contributed by atoms with van der Waals surface area (Å²) in [5, 5.41) is 1.23. The smallest absolute Gasteiger partial charge is 0.127 e. The summed E-state index contributed by atoms with van der Waals surface area (Å²) in [7, 11) is 0. The highest BCUT2D eigenvalue weighted by Gasteiger charge is 2.09. The van der Waals surface area contributed by atoms with Crippen LogP contribution in [0.3, 0.4) is 0 Å². The lowest BCUT2D eigenvalue weighted by Crippen LogP contribution is -1.99. The molecule has 2 nitrogen and oxygen atoms in total. The summed E-state index contributed by atoms with van der Waals surface area (Å²) >= 11 is 5.34. The van der Waals surface area contributed by atoms with Gasteiger partial charge in [0.2, 0.25) is 0 Å². The zero-order chi connectivity index (χ0) is 10.8. The second kappa shape index (κ2) is 4.58. The van der Waals surface area contributed by atoms with Gasteiger partial charge in [-0.1, -0.05) is 29.8 Å². The number of aromatic nitrogens is 2. The third-order valence-electron chi connectivity index (χ3n) is 2.29. The van der Waals surface area contributed by atoms with Crippen LogP contribution in [-0.4, -0.2) is 14.8 Å². The van der Waals surface area contributed by atoms with Gasteiger partial charge in [-0.15, -0.1) is 11.3 Å². The Labute approximate surface area is 102 Å². The number of alkyl halides is 1. The molecule has 0 saturated carbocycles. The van der Waals surface area contributed by atoms with Gasteiger partial charge in [-0.2, -0.15) is 0 Å². The van der Waals surface area contributed by atoms with E-state index in [4.69, 9.17) is 0 Å². The van der Waals surface area contributed by atoms with Gasteiger partial charge in [0.25, 0.3) is 0 Å². The summed E-state index contributed by atoms with van der Waals surface area (Å²) in [5.74, 6) is 0. The van der Waals surface area contributed by atoms with Crippen molar-refractivity contribution in [1.82, 2.24) is 9.97 Å². The molecule has 1 atom stereocenters. The van der Waals surface area contributed by atoms with E-state index in [2.05, 4.69) is 45.8 Å². The molecule has 2 heterocycles. The highest BCUT2D eigenvalue weighted by molar-refractivity contribution is 9.09. The first kappa shape index (κ1) is 11.0. The lowest BCUT2D eigenvalue weighted by molar-refractivity contribution is 0.918. The average molecular weight is 285 g/mol. The quantitative estimate of drug-likeness (QED) is 0.806. The van der Waals surface area contributed by atoms with E-state index in [1.165, 1.54) is 10.3 Å². The molecule has 0 spiro atoms. The van der Waals surface area contributed by atoms with Crippen molar-refractivity contribution in [2.45, 2.75) is 31.5 Å². The normalized spacial score (nSPS) is 13.3. The predicted octanol–water partition coefficient (Wildman–Crippen LogP) is 3.58. The fraction of sp³-hybridized carbons (Fsp3) is 0.455. The van der Waals surface area contributed by atoms with Crippen LogP contribution in [0.1, 0.15) is 24.4 Å². The van der Waals surface area contributed by atoms with E-state index in [0.717, 1.165) is 23.4 Å². The minimum atomic E-state index is 0.459. The lowest BCUT2D eigenvalue weighted by atomic mass is 10.2. The molecular formula is C11H13BrN2S. The van der Waals surface area contributed by atoms with E-state index in [9.17, 15) is 0 Å². The predicted molar refractivity (Wildman–Crippen MR) is 68.9 cm³/mol. The Hall–Kier alpha value is -0.480. The largest absolute Gasteiger partial charge is 0.241 e. The van der Waals surface area contributed by atoms with Gasteiger partial charge >= 0.3 is 0 Å². The summed E-state index contributed by atoms with van der Waals surface area (Å²) in [5.41, 5.74) is 1.15. The van der Waals surface area contributed by atoms with Crippen LogP contribution in [0.25, 0.3) is 10.2 Å². The molecule has 0 fully saturated rings. The first-order valence-corrected chi connectivity index (χ1v) is 6.80. The molecule has 0 aromatic carbocycles. The number of halogens is 1. The summed E-state index contributed by atoms with van der Waals surface area (Å²) in [6.07, 6.45) is 3.70. The third kappa shape index (κ3) is 2.37. The van der Waals surface area contributed by atoms with Crippen LogP contribution in [0.4, 0.5) is 0 Å². The molecule has 2 aromatic rings. The first-order valence-electron chi connectivity index (χ1n) is 5.07. The van der Waals surface area contributed by atoms with Crippen LogP contribution in [0, 0.1) is 0 Å². The molecule has 2 aromatic heterocycles. The standard InChI is InChI=1S/C11H13BrN2S/c1-3-8-5-9-10(4-7(2)12)13-6-14-11(9)15-8/h5-7H,3-4H2,1-2H3. The van der Waals surface area contributed by atoms with E-state index in [1.54, 1.807) is 17.7 Å². The molecule has 0 N–H and O–H groups in total. The van der Waals surface area contributed by atoms with Crippen molar-refractivity contribution < 1.29 is 0 Å². The highest BCUT2D eigenvalue weighted by atomic mass is 79.9. The number of thiophene rings is 1. The molecule has 1 unspecified atom stereocenters. The van der Waals surface area contributed by atoms with Crippen LogP contribution >= 0.6 is 27.3 Å². The third-order valence-corrected chi connectivity index (χ3v) is 3.80. The van der Waals surface area contributed by atoms with Gasteiger partial charge < -0.3 is 0 Å². The Balaban J connectivity index is 2.49.